The molecule has 0 spiro atoms. The number of nitrogens with two attached hydrogens (primary N) is 1. The number of hydrogen-bond donors (Lipinski definition) is 1. The maximum atomic E-state index is 11.5. The van der Waals surface area contributed by atoms with Gasteiger partial charge < -0.3 is 10.5 Å². The zero-order valence-corrected chi connectivity index (χ0v) is 8.58. The molecule has 14 heavy (non-hydrogen) atoms. The van der Waals surface area contributed by atoms with Crippen LogP contribution in [0.15, 0.2) is 0 Å². The van der Waals surface area contributed by atoms with Crippen LogP contribution < -0.4 is 5.73 Å². The fourth-order valence-corrected chi connectivity index (χ4v) is 2.07. The van der Waals surface area contributed by atoms with Gasteiger partial charge in [-0.15, -0.1) is 0 Å². The van der Waals surface area contributed by atoms with Gasteiger partial charge in [-0.3, -0.25) is 4.79 Å². The van der Waals surface area contributed by atoms with Crippen LogP contribution in [0.3, 0.4) is 0 Å². The molecule has 2 aliphatic carbocycles. The van der Waals surface area contributed by atoms with E-state index in [1.165, 1.54) is 25.7 Å². The van der Waals surface area contributed by atoms with E-state index in [2.05, 4.69) is 0 Å². The van der Waals surface area contributed by atoms with Crippen LogP contribution in [0.4, 0.5) is 0 Å². The highest BCUT2D eigenvalue weighted by Gasteiger charge is 2.29. The van der Waals surface area contributed by atoms with Gasteiger partial charge in [-0.1, -0.05) is 12.8 Å². The fourth-order valence-electron chi connectivity index (χ4n) is 2.07. The van der Waals surface area contributed by atoms with Crippen molar-refractivity contribution < 1.29 is 9.53 Å². The van der Waals surface area contributed by atoms with E-state index in [1.807, 2.05) is 0 Å². The van der Waals surface area contributed by atoms with E-state index in [1.54, 1.807) is 0 Å². The Morgan fingerprint density at radius 3 is 2.50 bits per heavy atom. The van der Waals surface area contributed by atoms with Crippen molar-refractivity contribution in [1.82, 2.24) is 0 Å². The van der Waals surface area contributed by atoms with Gasteiger partial charge >= 0.3 is 5.97 Å². The molecule has 0 aliphatic heterocycles. The van der Waals surface area contributed by atoms with E-state index in [0.29, 0.717) is 5.92 Å². The van der Waals surface area contributed by atoms with Gasteiger partial charge in [0.1, 0.15) is 12.1 Å². The third kappa shape index (κ3) is 2.71. The topological polar surface area (TPSA) is 52.3 Å². The number of carbonyl (C=O) groups excluding carboxylic acids is 1. The third-order valence-electron chi connectivity index (χ3n) is 3.17. The third-order valence-corrected chi connectivity index (χ3v) is 3.17. The summed E-state index contributed by atoms with van der Waals surface area (Å²) in [4.78, 5) is 11.5. The SMILES string of the molecule is N[C@@H](CC1CC1)C(=O)OC1CCCC1. The number of rotatable bonds is 4. The molecule has 0 saturated heterocycles. The Bertz CT molecular complexity index is 207. The van der Waals surface area contributed by atoms with Crippen LogP contribution in [-0.4, -0.2) is 18.1 Å². The lowest BCUT2D eigenvalue weighted by Crippen LogP contribution is -2.34. The molecule has 2 fully saturated rings. The monoisotopic (exact) mass is 197 g/mol. The van der Waals surface area contributed by atoms with Crippen LogP contribution in [-0.2, 0) is 9.53 Å². The van der Waals surface area contributed by atoms with E-state index in [0.717, 1.165) is 19.3 Å². The Hall–Kier alpha value is -0.570. The quantitative estimate of drug-likeness (QED) is 0.696. The summed E-state index contributed by atoms with van der Waals surface area (Å²) in [5.41, 5.74) is 5.76. The molecular weight excluding hydrogens is 178 g/mol. The molecule has 0 unspecified atom stereocenters. The van der Waals surface area contributed by atoms with Crippen LogP contribution in [0.2, 0.25) is 0 Å². The van der Waals surface area contributed by atoms with Crippen molar-refractivity contribution in [2.75, 3.05) is 0 Å². The summed E-state index contributed by atoms with van der Waals surface area (Å²) in [5.74, 6) is 0.518. The van der Waals surface area contributed by atoms with Gasteiger partial charge in [0.2, 0.25) is 0 Å². The fraction of sp³-hybridized carbons (Fsp3) is 0.909. The van der Waals surface area contributed by atoms with Crippen molar-refractivity contribution in [3.05, 3.63) is 0 Å². The molecule has 3 nitrogen and oxygen atoms in total. The average molecular weight is 197 g/mol. The minimum absolute atomic E-state index is 0.160. The Kier molecular flexibility index (Phi) is 3.06. The number of ether oxygens (including phenoxy) is 1. The van der Waals surface area contributed by atoms with Crippen molar-refractivity contribution >= 4 is 5.97 Å². The maximum absolute atomic E-state index is 11.5. The smallest absolute Gasteiger partial charge is 0.323 e. The largest absolute Gasteiger partial charge is 0.461 e. The molecule has 0 bridgehead atoms. The van der Waals surface area contributed by atoms with Crippen molar-refractivity contribution in [2.24, 2.45) is 11.7 Å². The highest BCUT2D eigenvalue weighted by molar-refractivity contribution is 5.75. The second-order valence-corrected chi connectivity index (χ2v) is 4.63. The van der Waals surface area contributed by atoms with Crippen molar-refractivity contribution in [3.8, 4) is 0 Å². The predicted molar refractivity (Wildman–Crippen MR) is 53.7 cm³/mol. The Morgan fingerprint density at radius 2 is 1.93 bits per heavy atom. The molecule has 1 atom stereocenters. The highest BCUT2D eigenvalue weighted by Crippen LogP contribution is 2.33. The zero-order valence-electron chi connectivity index (χ0n) is 8.58. The molecule has 2 aliphatic rings. The first-order valence-corrected chi connectivity index (χ1v) is 5.72. The first-order valence-electron chi connectivity index (χ1n) is 5.72. The lowest BCUT2D eigenvalue weighted by Gasteiger charge is -2.15. The summed E-state index contributed by atoms with van der Waals surface area (Å²) in [6, 6.07) is -0.372. The van der Waals surface area contributed by atoms with E-state index in [9.17, 15) is 4.79 Å². The normalized spacial score (nSPS) is 24.9. The van der Waals surface area contributed by atoms with E-state index in [4.69, 9.17) is 10.5 Å². The molecule has 0 aromatic carbocycles. The van der Waals surface area contributed by atoms with Gasteiger partial charge in [-0.05, 0) is 38.0 Å². The van der Waals surface area contributed by atoms with Gasteiger partial charge in [-0.25, -0.2) is 0 Å². The molecule has 80 valence electrons. The van der Waals surface area contributed by atoms with Gasteiger partial charge in [0.25, 0.3) is 0 Å². The van der Waals surface area contributed by atoms with Gasteiger partial charge in [0.05, 0.1) is 0 Å². The second kappa shape index (κ2) is 4.30. The van der Waals surface area contributed by atoms with Crippen LogP contribution in [0.1, 0.15) is 44.9 Å². The number of esters is 1. The summed E-state index contributed by atoms with van der Waals surface area (Å²) in [5, 5.41) is 0. The van der Waals surface area contributed by atoms with Gasteiger partial charge in [-0.2, -0.15) is 0 Å². The standard InChI is InChI=1S/C11H19NO2/c12-10(7-8-5-6-8)11(13)14-9-3-1-2-4-9/h8-10H,1-7,12H2/t10-/m0/s1. The minimum atomic E-state index is -0.372. The van der Waals surface area contributed by atoms with Gasteiger partial charge in [0, 0.05) is 0 Å². The van der Waals surface area contributed by atoms with Crippen LogP contribution in [0, 0.1) is 5.92 Å². The average Bonchev–Trinajstić information content (AvgIpc) is 2.81. The van der Waals surface area contributed by atoms with E-state index in [-0.39, 0.29) is 18.1 Å². The maximum Gasteiger partial charge on any atom is 0.323 e. The molecule has 0 aromatic rings. The van der Waals surface area contributed by atoms with Crippen molar-refractivity contribution in [3.63, 3.8) is 0 Å². The van der Waals surface area contributed by atoms with Gasteiger partial charge in [0.15, 0.2) is 0 Å². The molecular formula is C11H19NO2. The van der Waals surface area contributed by atoms with Crippen LogP contribution in [0.25, 0.3) is 0 Å². The first-order chi connectivity index (χ1) is 6.75. The lowest BCUT2D eigenvalue weighted by molar-refractivity contribution is -0.150. The summed E-state index contributed by atoms with van der Waals surface area (Å²) >= 11 is 0. The molecule has 2 rings (SSSR count). The molecule has 3 heteroatoms. The molecule has 0 amide bonds. The Labute approximate surface area is 85.0 Å². The summed E-state index contributed by atoms with van der Waals surface area (Å²) < 4.78 is 5.34. The highest BCUT2D eigenvalue weighted by atomic mass is 16.5. The Balaban J connectivity index is 1.69. The summed E-state index contributed by atoms with van der Waals surface area (Å²) in [6.45, 7) is 0. The molecule has 0 heterocycles. The molecule has 2 N–H and O–H groups in total. The zero-order chi connectivity index (χ0) is 9.97. The van der Waals surface area contributed by atoms with Crippen molar-refractivity contribution in [2.45, 2.75) is 57.1 Å². The lowest BCUT2D eigenvalue weighted by atomic mass is 10.1. The second-order valence-electron chi connectivity index (χ2n) is 4.63. The number of hydrogen-bond acceptors (Lipinski definition) is 3. The first kappa shape index (κ1) is 9.97. The molecule has 0 radical (unpaired) electrons. The Morgan fingerprint density at radius 1 is 1.29 bits per heavy atom. The molecule has 2 saturated carbocycles. The summed E-state index contributed by atoms with van der Waals surface area (Å²) in [6.07, 6.45) is 7.91. The van der Waals surface area contributed by atoms with Crippen molar-refractivity contribution in [1.29, 1.82) is 0 Å². The number of carbonyl (C=O) groups is 1. The van der Waals surface area contributed by atoms with Crippen LogP contribution >= 0.6 is 0 Å². The predicted octanol–water partition coefficient (Wildman–Crippen LogP) is 1.60. The van der Waals surface area contributed by atoms with E-state index < -0.39 is 0 Å². The van der Waals surface area contributed by atoms with E-state index >= 15 is 0 Å². The summed E-state index contributed by atoms with van der Waals surface area (Å²) in [7, 11) is 0. The van der Waals surface area contributed by atoms with Crippen LogP contribution in [0.5, 0.6) is 0 Å². The minimum Gasteiger partial charge on any atom is -0.461 e. The molecule has 0 aromatic heterocycles.